The fourth-order valence-electron chi connectivity index (χ4n) is 4.42. The third-order valence-electron chi connectivity index (χ3n) is 6.13. The first-order chi connectivity index (χ1) is 7.22. The summed E-state index contributed by atoms with van der Waals surface area (Å²) in [7, 11) is 0. The maximum absolute atomic E-state index is 12.1. The smallest absolute Gasteiger partial charge is 0.136 e. The molecule has 0 bridgehead atoms. The van der Waals surface area contributed by atoms with Crippen LogP contribution < -0.4 is 0 Å². The van der Waals surface area contributed by atoms with Gasteiger partial charge in [-0.15, -0.1) is 0 Å². The number of ketones is 1. The summed E-state index contributed by atoms with van der Waals surface area (Å²) in [6.45, 7) is 11.8. The van der Waals surface area contributed by atoms with Gasteiger partial charge >= 0.3 is 0 Å². The highest BCUT2D eigenvalue weighted by Gasteiger charge is 2.61. The molecule has 0 spiro atoms. The summed E-state index contributed by atoms with van der Waals surface area (Å²) in [5, 5.41) is 0. The van der Waals surface area contributed by atoms with Crippen LogP contribution in [0.25, 0.3) is 0 Å². The topological polar surface area (TPSA) is 17.1 Å². The van der Waals surface area contributed by atoms with E-state index < -0.39 is 0 Å². The number of hydrogen-bond acceptors (Lipinski definition) is 1. The molecule has 0 aromatic heterocycles. The third-order valence-corrected chi connectivity index (χ3v) is 6.13. The second kappa shape index (κ2) is 3.34. The molecule has 1 heteroatoms. The van der Waals surface area contributed by atoms with E-state index in [9.17, 15) is 4.79 Å². The molecule has 0 aliphatic heterocycles. The van der Waals surface area contributed by atoms with E-state index in [1.54, 1.807) is 0 Å². The maximum Gasteiger partial charge on any atom is 0.136 e. The Morgan fingerprint density at radius 2 is 1.81 bits per heavy atom. The summed E-state index contributed by atoms with van der Waals surface area (Å²) in [4.78, 5) is 12.1. The van der Waals surface area contributed by atoms with Gasteiger partial charge < -0.3 is 0 Å². The van der Waals surface area contributed by atoms with Gasteiger partial charge in [0.15, 0.2) is 0 Å². The Hall–Kier alpha value is -0.330. The van der Waals surface area contributed by atoms with Crippen molar-refractivity contribution in [1.29, 1.82) is 0 Å². The number of carbonyl (C=O) groups excluding carboxylic acids is 1. The zero-order valence-electron chi connectivity index (χ0n) is 11.5. The molecular weight excluding hydrogens is 196 g/mol. The van der Waals surface area contributed by atoms with E-state index in [-0.39, 0.29) is 5.41 Å². The van der Waals surface area contributed by atoms with Crippen molar-refractivity contribution in [3.63, 3.8) is 0 Å². The average Bonchev–Trinajstić information content (AvgIpc) is 2.41. The second-order valence-corrected chi connectivity index (χ2v) is 7.41. The monoisotopic (exact) mass is 222 g/mol. The summed E-state index contributed by atoms with van der Waals surface area (Å²) in [5.74, 6) is 0.896. The van der Waals surface area contributed by atoms with Crippen molar-refractivity contribution >= 4 is 5.78 Å². The molecule has 0 amide bonds. The van der Waals surface area contributed by atoms with Gasteiger partial charge in [-0.3, -0.25) is 4.79 Å². The molecule has 2 aliphatic rings. The quantitative estimate of drug-likeness (QED) is 0.600. The lowest BCUT2D eigenvalue weighted by atomic mass is 9.50. The van der Waals surface area contributed by atoms with Crippen LogP contribution in [-0.4, -0.2) is 5.78 Å². The molecule has 2 saturated carbocycles. The number of fused-ring (bicyclic) bond motifs is 1. The second-order valence-electron chi connectivity index (χ2n) is 7.41. The van der Waals surface area contributed by atoms with Crippen LogP contribution in [0.3, 0.4) is 0 Å². The van der Waals surface area contributed by atoms with E-state index >= 15 is 0 Å². The Morgan fingerprint density at radius 1 is 1.19 bits per heavy atom. The van der Waals surface area contributed by atoms with Gasteiger partial charge in [0.05, 0.1) is 0 Å². The van der Waals surface area contributed by atoms with Crippen LogP contribution >= 0.6 is 0 Å². The molecule has 0 N–H and O–H groups in total. The standard InChI is InChI=1S/C15H26O/c1-13(2,3)15(5)10-8-11-12(16)7-6-9-14(11,15)4/h11H,6-10H2,1-5H3. The van der Waals surface area contributed by atoms with Gasteiger partial charge in [-0.05, 0) is 41.9 Å². The van der Waals surface area contributed by atoms with Gasteiger partial charge in [0.1, 0.15) is 5.78 Å². The Morgan fingerprint density at radius 3 is 2.38 bits per heavy atom. The molecular formula is C15H26O. The van der Waals surface area contributed by atoms with Crippen molar-refractivity contribution in [2.24, 2.45) is 22.2 Å². The number of rotatable bonds is 0. The van der Waals surface area contributed by atoms with Gasteiger partial charge in [0, 0.05) is 12.3 Å². The highest BCUT2D eigenvalue weighted by molar-refractivity contribution is 5.83. The lowest BCUT2D eigenvalue weighted by Gasteiger charge is -2.53. The Bertz CT molecular complexity index is 312. The Balaban J connectivity index is 2.42. The molecule has 0 aromatic rings. The largest absolute Gasteiger partial charge is 0.299 e. The van der Waals surface area contributed by atoms with Crippen molar-refractivity contribution in [3.05, 3.63) is 0 Å². The minimum absolute atomic E-state index is 0.251. The van der Waals surface area contributed by atoms with Gasteiger partial charge in [-0.1, -0.05) is 34.6 Å². The molecule has 2 rings (SSSR count). The minimum atomic E-state index is 0.251. The fourth-order valence-corrected chi connectivity index (χ4v) is 4.42. The predicted octanol–water partition coefficient (Wildman–Crippen LogP) is 4.21. The molecule has 0 heterocycles. The van der Waals surface area contributed by atoms with Crippen LogP contribution in [-0.2, 0) is 4.79 Å². The van der Waals surface area contributed by atoms with Crippen molar-refractivity contribution < 1.29 is 4.79 Å². The number of hydrogen-bond donors (Lipinski definition) is 0. The van der Waals surface area contributed by atoms with Gasteiger partial charge in [0.25, 0.3) is 0 Å². The van der Waals surface area contributed by atoms with Crippen molar-refractivity contribution in [2.45, 2.75) is 66.7 Å². The summed E-state index contributed by atoms with van der Waals surface area (Å²) in [6, 6.07) is 0. The van der Waals surface area contributed by atoms with Gasteiger partial charge in [0.2, 0.25) is 0 Å². The van der Waals surface area contributed by atoms with Crippen molar-refractivity contribution in [1.82, 2.24) is 0 Å². The van der Waals surface area contributed by atoms with Crippen LogP contribution in [0, 0.1) is 22.2 Å². The van der Waals surface area contributed by atoms with Crippen LogP contribution in [0.4, 0.5) is 0 Å². The lowest BCUT2D eigenvalue weighted by Crippen LogP contribution is -2.48. The van der Waals surface area contributed by atoms with Crippen LogP contribution in [0.15, 0.2) is 0 Å². The lowest BCUT2D eigenvalue weighted by molar-refractivity contribution is -0.135. The van der Waals surface area contributed by atoms with Crippen LogP contribution in [0.2, 0.25) is 0 Å². The van der Waals surface area contributed by atoms with Crippen molar-refractivity contribution in [2.75, 3.05) is 0 Å². The zero-order valence-corrected chi connectivity index (χ0v) is 11.5. The molecule has 3 atom stereocenters. The maximum atomic E-state index is 12.1. The summed E-state index contributed by atoms with van der Waals surface area (Å²) >= 11 is 0. The number of Topliss-reactive ketones (excluding diaryl/α,β-unsaturated/α-hetero) is 1. The first kappa shape index (κ1) is 12.1. The van der Waals surface area contributed by atoms with E-state index in [0.717, 1.165) is 19.3 Å². The first-order valence-electron chi connectivity index (χ1n) is 6.75. The molecule has 0 aromatic carbocycles. The minimum Gasteiger partial charge on any atom is -0.299 e. The molecule has 2 aliphatic carbocycles. The summed E-state index contributed by atoms with van der Waals surface area (Å²) in [5.41, 5.74) is 0.870. The first-order valence-corrected chi connectivity index (χ1v) is 6.75. The predicted molar refractivity (Wildman–Crippen MR) is 67.3 cm³/mol. The Kier molecular flexibility index (Phi) is 2.53. The van der Waals surface area contributed by atoms with E-state index in [1.807, 2.05) is 0 Å². The van der Waals surface area contributed by atoms with Crippen LogP contribution in [0.1, 0.15) is 66.7 Å². The van der Waals surface area contributed by atoms with Crippen molar-refractivity contribution in [3.8, 4) is 0 Å². The molecule has 92 valence electrons. The summed E-state index contributed by atoms with van der Waals surface area (Å²) in [6.07, 6.45) is 5.54. The SMILES string of the molecule is CC(C)(C)C1(C)CCC2C(=O)CCCC21C. The summed E-state index contributed by atoms with van der Waals surface area (Å²) < 4.78 is 0. The molecule has 0 saturated heterocycles. The fraction of sp³-hybridized carbons (Fsp3) is 0.933. The zero-order chi connectivity index (χ0) is 12.2. The average molecular weight is 222 g/mol. The van der Waals surface area contributed by atoms with E-state index in [0.29, 0.717) is 22.5 Å². The highest BCUT2D eigenvalue weighted by atomic mass is 16.1. The molecule has 1 nitrogen and oxygen atoms in total. The van der Waals surface area contributed by atoms with E-state index in [2.05, 4.69) is 34.6 Å². The Labute approximate surface area is 100.0 Å². The molecule has 0 radical (unpaired) electrons. The molecule has 3 unspecified atom stereocenters. The van der Waals surface area contributed by atoms with E-state index in [4.69, 9.17) is 0 Å². The molecule has 16 heavy (non-hydrogen) atoms. The van der Waals surface area contributed by atoms with Gasteiger partial charge in [-0.2, -0.15) is 0 Å². The third kappa shape index (κ3) is 1.33. The number of carbonyl (C=O) groups is 1. The normalized spacial score (nSPS) is 44.6. The highest BCUT2D eigenvalue weighted by Crippen LogP contribution is 2.67. The van der Waals surface area contributed by atoms with E-state index in [1.165, 1.54) is 12.8 Å². The van der Waals surface area contributed by atoms with Crippen LogP contribution in [0.5, 0.6) is 0 Å². The van der Waals surface area contributed by atoms with Gasteiger partial charge in [-0.25, -0.2) is 0 Å². The molecule has 2 fully saturated rings.